The number of benzene rings is 2. The van der Waals surface area contributed by atoms with Crippen LogP contribution in [0.5, 0.6) is 0 Å². The summed E-state index contributed by atoms with van der Waals surface area (Å²) in [5, 5.41) is 3.47. The fraction of sp³-hybridized carbons (Fsp3) is 0.333. The third kappa shape index (κ3) is 4.31. The number of anilines is 1. The van der Waals surface area contributed by atoms with Crippen molar-refractivity contribution in [3.8, 4) is 0 Å². The molecule has 0 unspecified atom stereocenters. The SMILES string of the molecule is CCSc1ccc(CNc2ccc(C(C)C)cc2)cc1. The molecule has 0 spiro atoms. The van der Waals surface area contributed by atoms with Crippen molar-refractivity contribution >= 4 is 17.4 Å². The van der Waals surface area contributed by atoms with Gasteiger partial charge in [0.05, 0.1) is 0 Å². The smallest absolute Gasteiger partial charge is 0.0400 e. The zero-order chi connectivity index (χ0) is 14.4. The van der Waals surface area contributed by atoms with Crippen LogP contribution in [0.3, 0.4) is 0 Å². The largest absolute Gasteiger partial charge is 0.381 e. The topological polar surface area (TPSA) is 12.0 Å². The maximum Gasteiger partial charge on any atom is 0.0400 e. The zero-order valence-electron chi connectivity index (χ0n) is 12.5. The highest BCUT2D eigenvalue weighted by atomic mass is 32.2. The van der Waals surface area contributed by atoms with Gasteiger partial charge in [-0.05, 0) is 47.1 Å². The van der Waals surface area contributed by atoms with Crippen molar-refractivity contribution in [1.29, 1.82) is 0 Å². The van der Waals surface area contributed by atoms with Crippen LogP contribution in [0.2, 0.25) is 0 Å². The highest BCUT2D eigenvalue weighted by molar-refractivity contribution is 7.99. The normalized spacial score (nSPS) is 10.8. The van der Waals surface area contributed by atoms with Crippen LogP contribution in [-0.4, -0.2) is 5.75 Å². The second-order valence-corrected chi connectivity index (χ2v) is 6.54. The van der Waals surface area contributed by atoms with Gasteiger partial charge in [-0.25, -0.2) is 0 Å². The maximum atomic E-state index is 3.47. The minimum absolute atomic E-state index is 0.590. The lowest BCUT2D eigenvalue weighted by Gasteiger charge is -2.09. The molecule has 2 aromatic rings. The number of rotatable bonds is 6. The van der Waals surface area contributed by atoms with Gasteiger partial charge >= 0.3 is 0 Å². The molecule has 2 rings (SSSR count). The Morgan fingerprint density at radius 1 is 0.950 bits per heavy atom. The molecular formula is C18H23NS. The molecule has 106 valence electrons. The van der Waals surface area contributed by atoms with E-state index in [1.54, 1.807) is 0 Å². The van der Waals surface area contributed by atoms with Gasteiger partial charge in [0.1, 0.15) is 0 Å². The standard InChI is InChI=1S/C18H23NS/c1-4-20-18-11-5-15(6-12-18)13-19-17-9-7-16(8-10-17)14(2)3/h5-12,14,19H,4,13H2,1-3H3. The molecular weight excluding hydrogens is 262 g/mol. The fourth-order valence-electron chi connectivity index (χ4n) is 2.06. The van der Waals surface area contributed by atoms with E-state index in [1.165, 1.54) is 21.7 Å². The molecule has 0 aliphatic heterocycles. The molecule has 1 N–H and O–H groups in total. The molecule has 2 heteroatoms. The lowest BCUT2D eigenvalue weighted by Crippen LogP contribution is -1.99. The van der Waals surface area contributed by atoms with Crippen molar-refractivity contribution in [2.24, 2.45) is 0 Å². The predicted molar refractivity (Wildman–Crippen MR) is 90.7 cm³/mol. The van der Waals surface area contributed by atoms with E-state index in [-0.39, 0.29) is 0 Å². The Balaban J connectivity index is 1.91. The molecule has 0 radical (unpaired) electrons. The summed E-state index contributed by atoms with van der Waals surface area (Å²) in [4.78, 5) is 1.34. The van der Waals surface area contributed by atoms with Crippen LogP contribution < -0.4 is 5.32 Å². The van der Waals surface area contributed by atoms with E-state index in [2.05, 4.69) is 74.6 Å². The molecule has 0 atom stereocenters. The zero-order valence-corrected chi connectivity index (χ0v) is 13.3. The number of thioether (sulfide) groups is 1. The summed E-state index contributed by atoms with van der Waals surface area (Å²) in [7, 11) is 0. The first kappa shape index (κ1) is 15.0. The van der Waals surface area contributed by atoms with E-state index < -0.39 is 0 Å². The van der Waals surface area contributed by atoms with Crippen molar-refractivity contribution in [2.45, 2.75) is 38.1 Å². The van der Waals surface area contributed by atoms with E-state index in [0.29, 0.717) is 5.92 Å². The van der Waals surface area contributed by atoms with E-state index in [9.17, 15) is 0 Å². The van der Waals surface area contributed by atoms with Gasteiger partial charge in [0.2, 0.25) is 0 Å². The summed E-state index contributed by atoms with van der Waals surface area (Å²) in [6.07, 6.45) is 0. The molecule has 0 aliphatic rings. The van der Waals surface area contributed by atoms with Gasteiger partial charge in [-0.15, -0.1) is 11.8 Å². The summed E-state index contributed by atoms with van der Waals surface area (Å²) < 4.78 is 0. The monoisotopic (exact) mass is 285 g/mol. The molecule has 1 nitrogen and oxygen atoms in total. The molecule has 0 aromatic heterocycles. The molecule has 2 aromatic carbocycles. The molecule has 0 fully saturated rings. The van der Waals surface area contributed by atoms with Gasteiger partial charge in [-0.3, -0.25) is 0 Å². The fourth-order valence-corrected chi connectivity index (χ4v) is 2.72. The van der Waals surface area contributed by atoms with Crippen LogP contribution in [0.15, 0.2) is 53.4 Å². The van der Waals surface area contributed by atoms with Crippen molar-refractivity contribution < 1.29 is 0 Å². The average molecular weight is 285 g/mol. The lowest BCUT2D eigenvalue weighted by molar-refractivity contribution is 0.867. The van der Waals surface area contributed by atoms with Crippen LogP contribution >= 0.6 is 11.8 Å². The minimum atomic E-state index is 0.590. The second kappa shape index (κ2) is 7.39. The van der Waals surface area contributed by atoms with Crippen LogP contribution in [0.25, 0.3) is 0 Å². The van der Waals surface area contributed by atoms with Crippen molar-refractivity contribution in [3.05, 3.63) is 59.7 Å². The van der Waals surface area contributed by atoms with Crippen LogP contribution in [0, 0.1) is 0 Å². The van der Waals surface area contributed by atoms with Crippen LogP contribution in [0.4, 0.5) is 5.69 Å². The first-order valence-electron chi connectivity index (χ1n) is 7.24. The van der Waals surface area contributed by atoms with Crippen molar-refractivity contribution in [1.82, 2.24) is 0 Å². The first-order valence-corrected chi connectivity index (χ1v) is 8.23. The van der Waals surface area contributed by atoms with Crippen LogP contribution in [0.1, 0.15) is 37.8 Å². The quantitative estimate of drug-likeness (QED) is 0.700. The predicted octanol–water partition coefficient (Wildman–Crippen LogP) is 5.53. The lowest BCUT2D eigenvalue weighted by atomic mass is 10.0. The van der Waals surface area contributed by atoms with Crippen molar-refractivity contribution in [3.63, 3.8) is 0 Å². The molecule has 0 aliphatic carbocycles. The van der Waals surface area contributed by atoms with Gasteiger partial charge in [-0.2, -0.15) is 0 Å². The Kier molecular flexibility index (Phi) is 5.54. The van der Waals surface area contributed by atoms with E-state index in [1.807, 2.05) is 11.8 Å². The van der Waals surface area contributed by atoms with Crippen molar-refractivity contribution in [2.75, 3.05) is 11.1 Å². The molecule has 0 heterocycles. The summed E-state index contributed by atoms with van der Waals surface area (Å²) in [6, 6.07) is 17.5. The third-order valence-electron chi connectivity index (χ3n) is 3.31. The van der Waals surface area contributed by atoms with E-state index in [0.717, 1.165) is 12.3 Å². The molecule has 20 heavy (non-hydrogen) atoms. The Morgan fingerprint density at radius 2 is 1.60 bits per heavy atom. The molecule has 0 amide bonds. The van der Waals surface area contributed by atoms with Gasteiger partial charge in [-0.1, -0.05) is 45.0 Å². The highest BCUT2D eigenvalue weighted by Gasteiger charge is 1.99. The molecule has 0 saturated carbocycles. The molecule has 0 bridgehead atoms. The Hall–Kier alpha value is -1.41. The Morgan fingerprint density at radius 3 is 2.15 bits per heavy atom. The van der Waals surface area contributed by atoms with E-state index >= 15 is 0 Å². The van der Waals surface area contributed by atoms with Crippen LogP contribution in [-0.2, 0) is 6.54 Å². The summed E-state index contributed by atoms with van der Waals surface area (Å²) >= 11 is 1.88. The third-order valence-corrected chi connectivity index (χ3v) is 4.20. The number of hydrogen-bond donors (Lipinski definition) is 1. The van der Waals surface area contributed by atoms with Gasteiger partial charge in [0.25, 0.3) is 0 Å². The number of hydrogen-bond acceptors (Lipinski definition) is 2. The maximum absolute atomic E-state index is 3.47. The highest BCUT2D eigenvalue weighted by Crippen LogP contribution is 2.19. The van der Waals surface area contributed by atoms with Gasteiger partial charge in [0, 0.05) is 17.1 Å². The average Bonchev–Trinajstić information content (AvgIpc) is 2.47. The van der Waals surface area contributed by atoms with Gasteiger partial charge < -0.3 is 5.32 Å². The first-order chi connectivity index (χ1) is 9.69. The summed E-state index contributed by atoms with van der Waals surface area (Å²) in [5.74, 6) is 1.72. The van der Waals surface area contributed by atoms with E-state index in [4.69, 9.17) is 0 Å². The van der Waals surface area contributed by atoms with Gasteiger partial charge in [0.15, 0.2) is 0 Å². The summed E-state index contributed by atoms with van der Waals surface area (Å²) in [6.45, 7) is 7.50. The molecule has 0 saturated heterocycles. The second-order valence-electron chi connectivity index (χ2n) is 5.21. The Labute approximate surface area is 126 Å². The minimum Gasteiger partial charge on any atom is -0.381 e. The number of nitrogens with one attached hydrogen (secondary N) is 1. The summed E-state index contributed by atoms with van der Waals surface area (Å²) in [5.41, 5.74) is 3.89. The Bertz CT molecular complexity index is 514.